The Morgan fingerprint density at radius 1 is 1.24 bits per heavy atom. The standard InChI is InChI=1S/C15H17NO5/c17-14(18)7-8-16(10-5-6-10)15(19)13-9-20-11-3-1-2-4-12(11)21-13/h1-4,10,13H,5-9H2,(H,17,18). The lowest BCUT2D eigenvalue weighted by molar-refractivity contribution is -0.143. The van der Waals surface area contributed by atoms with Gasteiger partial charge in [-0.3, -0.25) is 9.59 Å². The summed E-state index contributed by atoms with van der Waals surface area (Å²) in [4.78, 5) is 24.9. The van der Waals surface area contributed by atoms with Crippen molar-refractivity contribution in [2.75, 3.05) is 13.2 Å². The Labute approximate surface area is 122 Å². The summed E-state index contributed by atoms with van der Waals surface area (Å²) in [7, 11) is 0. The first-order chi connectivity index (χ1) is 10.1. The second-order valence-corrected chi connectivity index (χ2v) is 5.27. The van der Waals surface area contributed by atoms with Gasteiger partial charge in [-0.1, -0.05) is 12.1 Å². The minimum absolute atomic E-state index is 0.0492. The molecule has 1 aliphatic heterocycles. The molecule has 6 nitrogen and oxygen atoms in total. The Balaban J connectivity index is 1.68. The molecule has 1 aliphatic carbocycles. The number of fused-ring (bicyclic) bond motifs is 1. The van der Waals surface area contributed by atoms with Crippen molar-refractivity contribution in [2.24, 2.45) is 0 Å². The number of nitrogens with zero attached hydrogens (tertiary/aromatic N) is 1. The molecule has 2 aliphatic rings. The van der Waals surface area contributed by atoms with Gasteiger partial charge in [0, 0.05) is 12.6 Å². The molecule has 1 amide bonds. The molecule has 21 heavy (non-hydrogen) atoms. The number of hydrogen-bond donors (Lipinski definition) is 1. The van der Waals surface area contributed by atoms with Crippen LogP contribution in [0.5, 0.6) is 11.5 Å². The highest BCUT2D eigenvalue weighted by Crippen LogP contribution is 2.33. The smallest absolute Gasteiger partial charge is 0.305 e. The van der Waals surface area contributed by atoms with Crippen LogP contribution in [0.3, 0.4) is 0 Å². The zero-order valence-electron chi connectivity index (χ0n) is 11.5. The summed E-state index contributed by atoms with van der Waals surface area (Å²) in [6.07, 6.45) is 1.10. The highest BCUT2D eigenvalue weighted by atomic mass is 16.6. The molecule has 0 spiro atoms. The third-order valence-electron chi connectivity index (χ3n) is 3.62. The second kappa shape index (κ2) is 5.63. The van der Waals surface area contributed by atoms with Crippen LogP contribution in [0.4, 0.5) is 0 Å². The number of ether oxygens (including phenoxy) is 2. The number of carboxylic acids is 1. The average molecular weight is 291 g/mol. The molecule has 1 aromatic carbocycles. The molecule has 1 N–H and O–H groups in total. The van der Waals surface area contributed by atoms with Gasteiger partial charge in [0.15, 0.2) is 11.5 Å². The van der Waals surface area contributed by atoms with Gasteiger partial charge in [-0.2, -0.15) is 0 Å². The van der Waals surface area contributed by atoms with Crippen molar-refractivity contribution in [3.8, 4) is 11.5 Å². The molecule has 3 rings (SSSR count). The Morgan fingerprint density at radius 3 is 2.62 bits per heavy atom. The molecule has 1 aromatic rings. The van der Waals surface area contributed by atoms with Crippen LogP contribution in [-0.2, 0) is 9.59 Å². The van der Waals surface area contributed by atoms with E-state index in [1.165, 1.54) is 0 Å². The van der Waals surface area contributed by atoms with E-state index in [0.29, 0.717) is 11.5 Å². The summed E-state index contributed by atoms with van der Waals surface area (Å²) in [6, 6.07) is 7.36. The SMILES string of the molecule is O=C(O)CCN(C(=O)C1COc2ccccc2O1)C1CC1. The molecular weight excluding hydrogens is 274 g/mol. The van der Waals surface area contributed by atoms with Crippen molar-refractivity contribution in [3.63, 3.8) is 0 Å². The summed E-state index contributed by atoms with van der Waals surface area (Å²) in [5.74, 6) is 0.0917. The number of amides is 1. The maximum atomic E-state index is 12.5. The Hall–Kier alpha value is -2.24. The lowest BCUT2D eigenvalue weighted by Crippen LogP contribution is -2.48. The van der Waals surface area contributed by atoms with E-state index in [-0.39, 0.29) is 31.5 Å². The van der Waals surface area contributed by atoms with Crippen LogP contribution in [0.2, 0.25) is 0 Å². The van der Waals surface area contributed by atoms with Crippen LogP contribution in [0.15, 0.2) is 24.3 Å². The highest BCUT2D eigenvalue weighted by Gasteiger charge is 2.38. The van der Waals surface area contributed by atoms with Gasteiger partial charge in [0.2, 0.25) is 6.10 Å². The number of para-hydroxylation sites is 2. The number of aliphatic carboxylic acids is 1. The first kappa shape index (κ1) is 13.7. The van der Waals surface area contributed by atoms with Crippen LogP contribution in [0.1, 0.15) is 19.3 Å². The van der Waals surface area contributed by atoms with Crippen LogP contribution in [0.25, 0.3) is 0 Å². The zero-order valence-corrected chi connectivity index (χ0v) is 11.5. The van der Waals surface area contributed by atoms with Gasteiger partial charge in [0.1, 0.15) is 6.61 Å². The molecule has 1 saturated carbocycles. The summed E-state index contributed by atoms with van der Waals surface area (Å²) in [5, 5.41) is 8.79. The number of hydrogen-bond acceptors (Lipinski definition) is 4. The number of carbonyl (C=O) groups excluding carboxylic acids is 1. The number of carboxylic acid groups (broad SMARTS) is 1. The highest BCUT2D eigenvalue weighted by molar-refractivity contribution is 5.83. The molecule has 1 fully saturated rings. The predicted octanol–water partition coefficient (Wildman–Crippen LogP) is 1.29. The topological polar surface area (TPSA) is 76.1 Å². The second-order valence-electron chi connectivity index (χ2n) is 5.27. The Morgan fingerprint density at radius 2 is 1.95 bits per heavy atom. The third-order valence-corrected chi connectivity index (χ3v) is 3.62. The molecule has 112 valence electrons. The molecule has 6 heteroatoms. The first-order valence-electron chi connectivity index (χ1n) is 7.06. The summed E-state index contributed by atoms with van der Waals surface area (Å²) >= 11 is 0. The van der Waals surface area contributed by atoms with E-state index in [1.807, 2.05) is 12.1 Å². The molecule has 1 atom stereocenters. The van der Waals surface area contributed by atoms with Gasteiger partial charge in [-0.15, -0.1) is 0 Å². The van der Waals surface area contributed by atoms with Gasteiger partial charge in [0.25, 0.3) is 5.91 Å². The molecular formula is C15H17NO5. The van der Waals surface area contributed by atoms with Gasteiger partial charge < -0.3 is 19.5 Å². The Kier molecular flexibility index (Phi) is 3.68. The van der Waals surface area contributed by atoms with Gasteiger partial charge in [-0.05, 0) is 25.0 Å². The molecule has 1 heterocycles. The minimum Gasteiger partial charge on any atom is -0.485 e. The first-order valence-corrected chi connectivity index (χ1v) is 7.06. The number of rotatable bonds is 5. The molecule has 0 bridgehead atoms. The normalized spacial score (nSPS) is 19.9. The largest absolute Gasteiger partial charge is 0.485 e. The quantitative estimate of drug-likeness (QED) is 0.884. The monoisotopic (exact) mass is 291 g/mol. The third kappa shape index (κ3) is 3.09. The van der Waals surface area contributed by atoms with Gasteiger partial charge in [-0.25, -0.2) is 0 Å². The van der Waals surface area contributed by atoms with Crippen molar-refractivity contribution in [1.82, 2.24) is 4.90 Å². The maximum Gasteiger partial charge on any atom is 0.305 e. The van der Waals surface area contributed by atoms with Crippen molar-refractivity contribution in [1.29, 1.82) is 0 Å². The fourth-order valence-corrected chi connectivity index (χ4v) is 2.40. The predicted molar refractivity (Wildman–Crippen MR) is 73.3 cm³/mol. The summed E-state index contributed by atoms with van der Waals surface area (Å²) in [6.45, 7) is 0.381. The number of carbonyl (C=O) groups is 2. The summed E-state index contributed by atoms with van der Waals surface area (Å²) < 4.78 is 11.2. The van der Waals surface area contributed by atoms with E-state index < -0.39 is 12.1 Å². The number of benzene rings is 1. The molecule has 1 unspecified atom stereocenters. The van der Waals surface area contributed by atoms with E-state index >= 15 is 0 Å². The lowest BCUT2D eigenvalue weighted by Gasteiger charge is -2.30. The van der Waals surface area contributed by atoms with Crippen molar-refractivity contribution in [3.05, 3.63) is 24.3 Å². The Bertz CT molecular complexity index is 555. The minimum atomic E-state index is -0.903. The van der Waals surface area contributed by atoms with Crippen LogP contribution in [-0.4, -0.2) is 47.2 Å². The molecule has 0 saturated heterocycles. The van der Waals surface area contributed by atoms with Crippen molar-refractivity contribution >= 4 is 11.9 Å². The average Bonchev–Trinajstić information content (AvgIpc) is 3.31. The van der Waals surface area contributed by atoms with Crippen molar-refractivity contribution in [2.45, 2.75) is 31.4 Å². The van der Waals surface area contributed by atoms with E-state index in [2.05, 4.69) is 0 Å². The zero-order chi connectivity index (χ0) is 14.8. The maximum absolute atomic E-state index is 12.5. The van der Waals surface area contributed by atoms with Gasteiger partial charge in [0.05, 0.1) is 6.42 Å². The lowest BCUT2D eigenvalue weighted by atomic mass is 10.2. The van der Waals surface area contributed by atoms with E-state index in [0.717, 1.165) is 12.8 Å². The fraction of sp³-hybridized carbons (Fsp3) is 0.467. The van der Waals surface area contributed by atoms with E-state index in [1.54, 1.807) is 17.0 Å². The van der Waals surface area contributed by atoms with Crippen LogP contribution in [0, 0.1) is 0 Å². The fourth-order valence-electron chi connectivity index (χ4n) is 2.40. The van der Waals surface area contributed by atoms with Gasteiger partial charge >= 0.3 is 5.97 Å². The van der Waals surface area contributed by atoms with E-state index in [9.17, 15) is 9.59 Å². The molecule has 0 radical (unpaired) electrons. The van der Waals surface area contributed by atoms with Crippen LogP contribution < -0.4 is 9.47 Å². The van der Waals surface area contributed by atoms with E-state index in [4.69, 9.17) is 14.6 Å². The molecule has 0 aromatic heterocycles. The van der Waals surface area contributed by atoms with Crippen molar-refractivity contribution < 1.29 is 24.2 Å². The summed E-state index contributed by atoms with van der Waals surface area (Å²) in [5.41, 5.74) is 0. The van der Waals surface area contributed by atoms with Crippen LogP contribution >= 0.6 is 0 Å².